The number of hydrogen-bond donors (Lipinski definition) is 1. The summed E-state index contributed by atoms with van der Waals surface area (Å²) in [6, 6.07) is 0.490. The molecule has 20 heavy (non-hydrogen) atoms. The first-order valence-corrected chi connectivity index (χ1v) is 7.39. The van der Waals surface area contributed by atoms with Crippen LogP contribution in [0.1, 0.15) is 26.7 Å². The van der Waals surface area contributed by atoms with Crippen LogP contribution in [0.2, 0.25) is 0 Å². The fraction of sp³-hybridized carbons (Fsp3) is 0.857. The molecule has 1 aliphatic heterocycles. The average Bonchev–Trinajstić information content (AvgIpc) is 2.42. The largest absolute Gasteiger partial charge is 0.339 e. The van der Waals surface area contributed by atoms with Gasteiger partial charge in [-0.15, -0.1) is 0 Å². The van der Waals surface area contributed by atoms with E-state index in [2.05, 4.69) is 19.2 Å². The second-order valence-electron chi connectivity index (χ2n) is 5.76. The standard InChI is InChI=1S/C14H28N4O2/c1-12(2)15-7-5-6-13(19)17-8-10-18(11-9-17)14(20)16(3)4/h12,15H,5-11H2,1-4H3. The van der Waals surface area contributed by atoms with E-state index in [0.29, 0.717) is 38.6 Å². The molecule has 0 aliphatic carbocycles. The van der Waals surface area contributed by atoms with Crippen molar-refractivity contribution in [1.29, 1.82) is 0 Å². The van der Waals surface area contributed by atoms with Crippen LogP contribution in [0.15, 0.2) is 0 Å². The third-order valence-electron chi connectivity index (χ3n) is 3.41. The van der Waals surface area contributed by atoms with Crippen LogP contribution in [0.25, 0.3) is 0 Å². The summed E-state index contributed by atoms with van der Waals surface area (Å²) in [6.45, 7) is 7.64. The van der Waals surface area contributed by atoms with Gasteiger partial charge in [0, 0.05) is 52.7 Å². The first kappa shape index (κ1) is 16.8. The molecule has 0 unspecified atom stereocenters. The van der Waals surface area contributed by atoms with Gasteiger partial charge in [-0.2, -0.15) is 0 Å². The van der Waals surface area contributed by atoms with Crippen LogP contribution >= 0.6 is 0 Å². The first-order chi connectivity index (χ1) is 9.41. The van der Waals surface area contributed by atoms with Gasteiger partial charge in [0.05, 0.1) is 0 Å². The Bertz CT molecular complexity index is 323. The van der Waals surface area contributed by atoms with Gasteiger partial charge in [-0.05, 0) is 13.0 Å². The van der Waals surface area contributed by atoms with Crippen LogP contribution in [0.5, 0.6) is 0 Å². The predicted octanol–water partition coefficient (Wildman–Crippen LogP) is 0.590. The minimum atomic E-state index is 0.0261. The molecule has 1 N–H and O–H groups in total. The van der Waals surface area contributed by atoms with E-state index in [-0.39, 0.29) is 11.9 Å². The van der Waals surface area contributed by atoms with Crippen LogP contribution in [0.4, 0.5) is 4.79 Å². The molecule has 0 saturated carbocycles. The lowest BCUT2D eigenvalue weighted by Gasteiger charge is -2.36. The normalized spacial score (nSPS) is 15.7. The molecule has 6 heteroatoms. The minimum absolute atomic E-state index is 0.0261. The fourth-order valence-corrected chi connectivity index (χ4v) is 2.22. The van der Waals surface area contributed by atoms with Crippen molar-refractivity contribution in [3.63, 3.8) is 0 Å². The van der Waals surface area contributed by atoms with E-state index in [4.69, 9.17) is 0 Å². The Labute approximate surface area is 122 Å². The molecule has 0 aromatic rings. The summed E-state index contributed by atoms with van der Waals surface area (Å²) in [6.07, 6.45) is 1.45. The number of rotatable bonds is 5. The second kappa shape index (κ2) is 8.09. The van der Waals surface area contributed by atoms with E-state index >= 15 is 0 Å². The molecule has 116 valence electrons. The molecule has 1 aliphatic rings. The summed E-state index contributed by atoms with van der Waals surface area (Å²) >= 11 is 0. The van der Waals surface area contributed by atoms with Gasteiger partial charge in [-0.25, -0.2) is 4.79 Å². The lowest BCUT2D eigenvalue weighted by atomic mass is 10.2. The quantitative estimate of drug-likeness (QED) is 0.752. The van der Waals surface area contributed by atoms with Crippen molar-refractivity contribution in [3.05, 3.63) is 0 Å². The van der Waals surface area contributed by atoms with E-state index in [1.165, 1.54) is 0 Å². The van der Waals surface area contributed by atoms with Gasteiger partial charge in [0.25, 0.3) is 0 Å². The highest BCUT2D eigenvalue weighted by molar-refractivity contribution is 5.77. The Kier molecular flexibility index (Phi) is 6.78. The van der Waals surface area contributed by atoms with Crippen LogP contribution in [0, 0.1) is 0 Å². The van der Waals surface area contributed by atoms with Gasteiger partial charge < -0.3 is 20.0 Å². The zero-order valence-corrected chi connectivity index (χ0v) is 13.2. The summed E-state index contributed by atoms with van der Waals surface area (Å²) in [5, 5.41) is 3.31. The van der Waals surface area contributed by atoms with Gasteiger partial charge in [0.2, 0.25) is 5.91 Å². The maximum atomic E-state index is 12.0. The monoisotopic (exact) mass is 284 g/mol. The zero-order chi connectivity index (χ0) is 15.1. The number of nitrogens with zero attached hydrogens (tertiary/aromatic N) is 3. The summed E-state index contributed by atoms with van der Waals surface area (Å²) in [7, 11) is 3.50. The van der Waals surface area contributed by atoms with Crippen LogP contribution in [-0.2, 0) is 4.79 Å². The molecule has 0 radical (unpaired) electrons. The molecule has 3 amide bonds. The number of nitrogens with one attached hydrogen (secondary N) is 1. The van der Waals surface area contributed by atoms with Gasteiger partial charge in [0.15, 0.2) is 0 Å². The summed E-state index contributed by atoms with van der Waals surface area (Å²) < 4.78 is 0. The molecule has 0 spiro atoms. The molecule has 0 aromatic carbocycles. The van der Waals surface area contributed by atoms with Crippen molar-refractivity contribution in [2.45, 2.75) is 32.7 Å². The molecule has 6 nitrogen and oxygen atoms in total. The zero-order valence-electron chi connectivity index (χ0n) is 13.2. The Morgan fingerprint density at radius 2 is 1.65 bits per heavy atom. The predicted molar refractivity (Wildman–Crippen MR) is 79.6 cm³/mol. The van der Waals surface area contributed by atoms with Crippen molar-refractivity contribution in [1.82, 2.24) is 20.0 Å². The van der Waals surface area contributed by atoms with Crippen LogP contribution in [0.3, 0.4) is 0 Å². The highest BCUT2D eigenvalue weighted by Gasteiger charge is 2.24. The van der Waals surface area contributed by atoms with Gasteiger partial charge >= 0.3 is 6.03 Å². The SMILES string of the molecule is CC(C)NCCCC(=O)N1CCN(C(=O)N(C)C)CC1. The number of piperazine rings is 1. The smallest absolute Gasteiger partial charge is 0.319 e. The van der Waals surface area contributed by atoms with E-state index in [9.17, 15) is 9.59 Å². The Balaban J connectivity index is 2.24. The van der Waals surface area contributed by atoms with Gasteiger partial charge in [-0.3, -0.25) is 4.79 Å². The Hall–Kier alpha value is -1.30. The third kappa shape index (κ3) is 5.36. The van der Waals surface area contributed by atoms with Gasteiger partial charge in [0.1, 0.15) is 0 Å². The molecular formula is C14H28N4O2. The highest BCUT2D eigenvalue weighted by atomic mass is 16.2. The molecule has 1 saturated heterocycles. The lowest BCUT2D eigenvalue weighted by molar-refractivity contribution is -0.132. The first-order valence-electron chi connectivity index (χ1n) is 7.39. The van der Waals surface area contributed by atoms with Gasteiger partial charge in [-0.1, -0.05) is 13.8 Å². The van der Waals surface area contributed by atoms with E-state index in [1.54, 1.807) is 23.9 Å². The van der Waals surface area contributed by atoms with Crippen molar-refractivity contribution < 1.29 is 9.59 Å². The number of carbonyl (C=O) groups excluding carboxylic acids is 2. The highest BCUT2D eigenvalue weighted by Crippen LogP contribution is 2.06. The van der Waals surface area contributed by atoms with Crippen molar-refractivity contribution in [2.24, 2.45) is 0 Å². The second-order valence-corrected chi connectivity index (χ2v) is 5.76. The number of carbonyl (C=O) groups is 2. The summed E-state index contributed by atoms with van der Waals surface area (Å²) in [5.41, 5.74) is 0. The number of amides is 3. The Morgan fingerprint density at radius 1 is 1.10 bits per heavy atom. The molecule has 1 rings (SSSR count). The average molecular weight is 284 g/mol. The van der Waals surface area contributed by atoms with E-state index in [1.807, 2.05) is 4.90 Å². The van der Waals surface area contributed by atoms with E-state index in [0.717, 1.165) is 13.0 Å². The number of urea groups is 1. The molecule has 0 bridgehead atoms. The minimum Gasteiger partial charge on any atom is -0.339 e. The number of hydrogen-bond acceptors (Lipinski definition) is 3. The molecular weight excluding hydrogens is 256 g/mol. The fourth-order valence-electron chi connectivity index (χ4n) is 2.22. The molecule has 1 fully saturated rings. The molecule has 0 atom stereocenters. The summed E-state index contributed by atoms with van der Waals surface area (Å²) in [4.78, 5) is 29.1. The lowest BCUT2D eigenvalue weighted by Crippen LogP contribution is -2.52. The molecule has 0 aromatic heterocycles. The maximum Gasteiger partial charge on any atom is 0.319 e. The van der Waals surface area contributed by atoms with Crippen LogP contribution in [-0.4, -0.2) is 79.5 Å². The van der Waals surface area contributed by atoms with Crippen molar-refractivity contribution >= 4 is 11.9 Å². The summed E-state index contributed by atoms with van der Waals surface area (Å²) in [5.74, 6) is 0.201. The van der Waals surface area contributed by atoms with E-state index < -0.39 is 0 Å². The topological polar surface area (TPSA) is 55.9 Å². The molecule has 1 heterocycles. The van der Waals surface area contributed by atoms with Crippen molar-refractivity contribution in [3.8, 4) is 0 Å². The van der Waals surface area contributed by atoms with Crippen LogP contribution < -0.4 is 5.32 Å². The Morgan fingerprint density at radius 3 is 2.15 bits per heavy atom. The third-order valence-corrected chi connectivity index (χ3v) is 3.41. The van der Waals surface area contributed by atoms with Crippen molar-refractivity contribution in [2.75, 3.05) is 46.8 Å². The maximum absolute atomic E-state index is 12.0.